The monoisotopic (exact) mass is 462 g/mol. The van der Waals surface area contributed by atoms with Crippen LogP contribution in [0.2, 0.25) is 0 Å². The second-order valence-corrected chi connectivity index (χ2v) is 8.74. The van der Waals surface area contributed by atoms with E-state index >= 15 is 0 Å². The van der Waals surface area contributed by atoms with E-state index in [4.69, 9.17) is 16.5 Å². The summed E-state index contributed by atoms with van der Waals surface area (Å²) in [6.45, 7) is 1.90. The van der Waals surface area contributed by atoms with Crippen LogP contribution in [0.25, 0.3) is 31.9 Å². The van der Waals surface area contributed by atoms with E-state index in [2.05, 4.69) is 20.9 Å². The number of hydrogen-bond acceptors (Lipinski definition) is 6. The molecule has 0 amide bonds. The van der Waals surface area contributed by atoms with E-state index in [1.807, 2.05) is 43.3 Å². The Morgan fingerprint density at radius 2 is 1.69 bits per heavy atom. The van der Waals surface area contributed by atoms with Crippen LogP contribution in [0.5, 0.6) is 0 Å². The number of thiophene rings is 1. The molecule has 0 saturated heterocycles. The third-order valence-electron chi connectivity index (χ3n) is 5.04. The van der Waals surface area contributed by atoms with Gasteiger partial charge in [-0.3, -0.25) is 4.79 Å². The minimum Gasteiger partial charge on any atom is -0.397 e. The predicted octanol–water partition coefficient (Wildman–Crippen LogP) is 5.46. The van der Waals surface area contributed by atoms with Crippen molar-refractivity contribution in [2.45, 2.75) is 6.92 Å². The lowest BCUT2D eigenvalue weighted by Crippen LogP contribution is -2.02. The number of aromatic nitrogens is 2. The van der Waals surface area contributed by atoms with Crippen LogP contribution in [-0.4, -0.2) is 15.8 Å². The maximum absolute atomic E-state index is 13.1. The van der Waals surface area contributed by atoms with Crippen molar-refractivity contribution in [3.63, 3.8) is 0 Å². The molecule has 0 aliphatic carbocycles. The molecule has 4 N–H and O–H groups in total. The summed E-state index contributed by atoms with van der Waals surface area (Å²) in [4.78, 5) is 23.6. The summed E-state index contributed by atoms with van der Waals surface area (Å²) in [5.41, 5.74) is 15.4. The maximum atomic E-state index is 13.1. The van der Waals surface area contributed by atoms with E-state index in [-0.39, 0.29) is 5.78 Å². The number of halogens is 1. The number of ketones is 1. The molecule has 5 aromatic rings. The van der Waals surface area contributed by atoms with Gasteiger partial charge in [-0.2, -0.15) is 0 Å². The molecule has 0 fully saturated rings. The van der Waals surface area contributed by atoms with Gasteiger partial charge in [0.25, 0.3) is 0 Å². The molecule has 142 valence electrons. The molecule has 0 atom stereocenters. The Morgan fingerprint density at radius 1 is 0.966 bits per heavy atom. The van der Waals surface area contributed by atoms with Gasteiger partial charge >= 0.3 is 0 Å². The summed E-state index contributed by atoms with van der Waals surface area (Å²) in [5, 5.41) is 3.39. The Morgan fingerprint density at radius 3 is 2.45 bits per heavy atom. The van der Waals surface area contributed by atoms with Gasteiger partial charge in [-0.25, -0.2) is 9.97 Å². The fourth-order valence-corrected chi connectivity index (χ4v) is 5.09. The largest absolute Gasteiger partial charge is 0.397 e. The highest BCUT2D eigenvalue weighted by molar-refractivity contribution is 9.10. The lowest BCUT2D eigenvalue weighted by molar-refractivity contribution is 0.104. The van der Waals surface area contributed by atoms with Crippen molar-refractivity contribution in [2.75, 3.05) is 11.5 Å². The molecule has 5 nitrogen and oxygen atoms in total. The molecule has 0 aliphatic heterocycles. The number of nitrogens with zero attached hydrogens (tertiary/aromatic N) is 2. The number of anilines is 2. The smallest absolute Gasteiger partial charge is 0.205 e. The van der Waals surface area contributed by atoms with Crippen LogP contribution < -0.4 is 11.5 Å². The zero-order valence-corrected chi connectivity index (χ0v) is 17.8. The van der Waals surface area contributed by atoms with Crippen molar-refractivity contribution >= 4 is 76.4 Å². The van der Waals surface area contributed by atoms with E-state index < -0.39 is 0 Å². The quantitative estimate of drug-likeness (QED) is 0.268. The Bertz CT molecular complexity index is 1460. The molecule has 5 rings (SSSR count). The summed E-state index contributed by atoms with van der Waals surface area (Å²) in [5.74, 6) is 0.298. The number of rotatable bonds is 2. The maximum Gasteiger partial charge on any atom is 0.205 e. The van der Waals surface area contributed by atoms with Crippen molar-refractivity contribution < 1.29 is 4.79 Å². The number of carbonyl (C=O) groups is 1. The predicted molar refractivity (Wildman–Crippen MR) is 124 cm³/mol. The first-order valence-corrected chi connectivity index (χ1v) is 10.5. The lowest BCUT2D eigenvalue weighted by atomic mass is 10.0. The average molecular weight is 463 g/mol. The van der Waals surface area contributed by atoms with Crippen LogP contribution in [0.1, 0.15) is 20.9 Å². The summed E-state index contributed by atoms with van der Waals surface area (Å²) >= 11 is 4.71. The van der Waals surface area contributed by atoms with Crippen LogP contribution in [0.3, 0.4) is 0 Å². The Balaban J connectivity index is 1.89. The van der Waals surface area contributed by atoms with Gasteiger partial charge < -0.3 is 11.5 Å². The second kappa shape index (κ2) is 6.50. The number of hydrogen-bond donors (Lipinski definition) is 2. The Labute approximate surface area is 178 Å². The number of nitrogen functional groups attached to an aromatic ring is 2. The molecule has 7 heteroatoms. The minimum absolute atomic E-state index is 0.116. The van der Waals surface area contributed by atoms with Gasteiger partial charge in [-0.05, 0) is 37.3 Å². The first kappa shape index (κ1) is 18.0. The average Bonchev–Trinajstić information content (AvgIpc) is 3.03. The molecule has 0 aliphatic rings. The van der Waals surface area contributed by atoms with Gasteiger partial charge in [-0.1, -0.05) is 34.1 Å². The van der Waals surface area contributed by atoms with Gasteiger partial charge in [0.1, 0.15) is 15.5 Å². The topological polar surface area (TPSA) is 94.9 Å². The van der Waals surface area contributed by atoms with E-state index in [0.29, 0.717) is 21.9 Å². The zero-order chi connectivity index (χ0) is 20.3. The molecule has 0 saturated carbocycles. The number of fused-ring (bicyclic) bond motifs is 5. The van der Waals surface area contributed by atoms with Crippen molar-refractivity contribution in [1.82, 2.24) is 9.97 Å². The summed E-state index contributed by atoms with van der Waals surface area (Å²) in [6.07, 6.45) is 0. The number of nitrogens with two attached hydrogens (primary N) is 2. The van der Waals surface area contributed by atoms with E-state index in [0.717, 1.165) is 42.1 Å². The van der Waals surface area contributed by atoms with E-state index in [9.17, 15) is 4.79 Å². The van der Waals surface area contributed by atoms with Crippen LogP contribution in [0.4, 0.5) is 11.5 Å². The molecular weight excluding hydrogens is 448 g/mol. The third kappa shape index (κ3) is 2.69. The van der Waals surface area contributed by atoms with Crippen molar-refractivity contribution in [2.24, 2.45) is 0 Å². The van der Waals surface area contributed by atoms with Gasteiger partial charge in [0.05, 0.1) is 16.9 Å². The highest BCUT2D eigenvalue weighted by Gasteiger charge is 2.23. The molecule has 0 spiro atoms. The number of aryl methyl sites for hydroxylation is 1. The molecule has 29 heavy (non-hydrogen) atoms. The van der Waals surface area contributed by atoms with Crippen molar-refractivity contribution in [3.8, 4) is 0 Å². The standard InChI is InChI=1S/C22H15BrN4OS/c1-10-15-16(13-4-2-3-5-14(13)27-21(15)25)17-18(24)20(29-22(17)26-10)19(28)11-6-8-12(23)9-7-11/h2-9H,24H2,1H3,(H2,25,27). The van der Waals surface area contributed by atoms with Gasteiger partial charge in [0, 0.05) is 31.6 Å². The summed E-state index contributed by atoms with van der Waals surface area (Å²) in [7, 11) is 0. The normalized spacial score (nSPS) is 11.5. The number of benzene rings is 2. The van der Waals surface area contributed by atoms with Crippen LogP contribution >= 0.6 is 27.3 Å². The molecule has 3 aromatic heterocycles. The van der Waals surface area contributed by atoms with Gasteiger partial charge in [-0.15, -0.1) is 11.3 Å². The molecular formula is C22H15BrN4OS. The van der Waals surface area contributed by atoms with Crippen LogP contribution in [-0.2, 0) is 0 Å². The summed E-state index contributed by atoms with van der Waals surface area (Å²) < 4.78 is 0.913. The fraction of sp³-hybridized carbons (Fsp3) is 0.0455. The number of pyridine rings is 2. The highest BCUT2D eigenvalue weighted by Crippen LogP contribution is 2.42. The number of carbonyl (C=O) groups excluding carboxylic acids is 1. The SMILES string of the molecule is Cc1nc2sc(C(=O)c3ccc(Br)cc3)c(N)c2c2c1c(N)nc1ccccc12. The van der Waals surface area contributed by atoms with Crippen molar-refractivity contribution in [1.29, 1.82) is 0 Å². The van der Waals surface area contributed by atoms with Crippen molar-refractivity contribution in [3.05, 3.63) is 69.1 Å². The first-order valence-electron chi connectivity index (χ1n) is 8.92. The van der Waals surface area contributed by atoms with Gasteiger partial charge in [0.15, 0.2) is 0 Å². The molecule has 3 heterocycles. The molecule has 0 bridgehead atoms. The highest BCUT2D eigenvalue weighted by atomic mass is 79.9. The third-order valence-corrected chi connectivity index (χ3v) is 6.67. The Hall–Kier alpha value is -3.03. The van der Waals surface area contributed by atoms with Crippen LogP contribution in [0.15, 0.2) is 53.0 Å². The van der Waals surface area contributed by atoms with E-state index in [1.165, 1.54) is 11.3 Å². The minimum atomic E-state index is -0.116. The van der Waals surface area contributed by atoms with Crippen LogP contribution in [0, 0.1) is 6.92 Å². The Kier molecular flexibility index (Phi) is 4.04. The zero-order valence-electron chi connectivity index (χ0n) is 15.4. The fourth-order valence-electron chi connectivity index (χ4n) is 3.72. The van der Waals surface area contributed by atoms with E-state index in [1.54, 1.807) is 12.1 Å². The first-order chi connectivity index (χ1) is 14.0. The molecule has 0 unspecified atom stereocenters. The molecule has 0 radical (unpaired) electrons. The molecule has 2 aromatic carbocycles. The lowest BCUT2D eigenvalue weighted by Gasteiger charge is -2.10. The van der Waals surface area contributed by atoms with Gasteiger partial charge in [0.2, 0.25) is 5.78 Å². The summed E-state index contributed by atoms with van der Waals surface area (Å²) in [6, 6.07) is 15.0. The second-order valence-electron chi connectivity index (χ2n) is 6.82. The number of para-hydroxylation sites is 1.